The van der Waals surface area contributed by atoms with E-state index in [2.05, 4.69) is 22.5 Å². The van der Waals surface area contributed by atoms with Gasteiger partial charge < -0.3 is 5.32 Å². The van der Waals surface area contributed by atoms with Gasteiger partial charge in [0.2, 0.25) is 5.91 Å². The Kier molecular flexibility index (Phi) is 5.67. The van der Waals surface area contributed by atoms with Crippen molar-refractivity contribution < 1.29 is 14.5 Å². The molecule has 28 heavy (non-hydrogen) atoms. The fraction of sp³-hybridized carbons (Fsp3) is 0.444. The van der Waals surface area contributed by atoms with Crippen LogP contribution in [0, 0.1) is 16.0 Å². The van der Waals surface area contributed by atoms with E-state index in [4.69, 9.17) is 0 Å². The molecule has 3 rings (SSSR count). The van der Waals surface area contributed by atoms with Gasteiger partial charge in [0.1, 0.15) is 6.54 Å². The summed E-state index contributed by atoms with van der Waals surface area (Å²) in [6, 6.07) is 3.17. The van der Waals surface area contributed by atoms with Gasteiger partial charge in [-0.2, -0.15) is 0 Å². The standard InChI is InChI=1S/C18H21N5O5/c1-11-4-2-3-5-14(11)20-18(26)21-16(24)9-22-10-19-15-7-6-12(23(27)28)8-13(15)17(22)25/h6-8,10-11,14H,2-5,9H2,1H3,(H2,20,21,24,26)/t11-,14+/m1/s1. The molecule has 0 bridgehead atoms. The second-order valence-electron chi connectivity index (χ2n) is 7.03. The number of non-ortho nitro benzene ring substituents is 1. The highest BCUT2D eigenvalue weighted by atomic mass is 16.6. The molecule has 1 heterocycles. The average molecular weight is 387 g/mol. The predicted octanol–water partition coefficient (Wildman–Crippen LogP) is 1.71. The topological polar surface area (TPSA) is 136 Å². The highest BCUT2D eigenvalue weighted by Crippen LogP contribution is 2.23. The van der Waals surface area contributed by atoms with E-state index >= 15 is 0 Å². The van der Waals surface area contributed by atoms with Crippen LogP contribution in [0.5, 0.6) is 0 Å². The molecule has 2 atom stereocenters. The molecule has 0 saturated heterocycles. The summed E-state index contributed by atoms with van der Waals surface area (Å²) < 4.78 is 1.01. The number of urea groups is 1. The number of carbonyl (C=O) groups excluding carboxylic acids is 2. The smallest absolute Gasteiger partial charge is 0.321 e. The quantitative estimate of drug-likeness (QED) is 0.605. The number of imide groups is 1. The van der Waals surface area contributed by atoms with Gasteiger partial charge in [-0.1, -0.05) is 19.8 Å². The lowest BCUT2D eigenvalue weighted by molar-refractivity contribution is -0.384. The average Bonchev–Trinajstić information content (AvgIpc) is 2.65. The molecule has 2 N–H and O–H groups in total. The van der Waals surface area contributed by atoms with Crippen molar-refractivity contribution in [1.29, 1.82) is 0 Å². The van der Waals surface area contributed by atoms with E-state index in [0.29, 0.717) is 5.92 Å². The van der Waals surface area contributed by atoms with Crippen molar-refractivity contribution in [1.82, 2.24) is 20.2 Å². The first-order valence-electron chi connectivity index (χ1n) is 9.09. The number of amides is 3. The number of aromatic nitrogens is 2. The third kappa shape index (κ3) is 4.33. The van der Waals surface area contributed by atoms with Crippen molar-refractivity contribution in [2.24, 2.45) is 5.92 Å². The SMILES string of the molecule is C[C@@H]1CCCC[C@@H]1NC(=O)NC(=O)Cn1cnc2ccc([N+](=O)[O-])cc2c1=O. The Morgan fingerprint density at radius 3 is 2.79 bits per heavy atom. The number of nitrogens with zero attached hydrogens (tertiary/aromatic N) is 3. The minimum Gasteiger partial charge on any atom is -0.335 e. The molecule has 1 aromatic carbocycles. The second-order valence-corrected chi connectivity index (χ2v) is 7.03. The summed E-state index contributed by atoms with van der Waals surface area (Å²) in [5, 5.41) is 15.9. The zero-order valence-electron chi connectivity index (χ0n) is 15.4. The van der Waals surface area contributed by atoms with Crippen molar-refractivity contribution >= 4 is 28.5 Å². The monoisotopic (exact) mass is 387 g/mol. The van der Waals surface area contributed by atoms with E-state index in [0.717, 1.165) is 36.3 Å². The molecule has 1 aliphatic rings. The molecule has 2 aromatic rings. The largest absolute Gasteiger partial charge is 0.335 e. The van der Waals surface area contributed by atoms with Crippen molar-refractivity contribution in [2.75, 3.05) is 0 Å². The summed E-state index contributed by atoms with van der Waals surface area (Å²) in [7, 11) is 0. The molecule has 1 saturated carbocycles. The van der Waals surface area contributed by atoms with E-state index in [1.807, 2.05) is 0 Å². The number of nitrogens with one attached hydrogen (secondary N) is 2. The number of nitro groups is 1. The van der Waals surface area contributed by atoms with Crippen LogP contribution in [0.3, 0.4) is 0 Å². The maximum absolute atomic E-state index is 12.5. The molecule has 10 nitrogen and oxygen atoms in total. The van der Waals surface area contributed by atoms with Crippen LogP contribution < -0.4 is 16.2 Å². The van der Waals surface area contributed by atoms with Crippen molar-refractivity contribution in [3.8, 4) is 0 Å². The van der Waals surface area contributed by atoms with Crippen LogP contribution in [0.2, 0.25) is 0 Å². The zero-order chi connectivity index (χ0) is 20.3. The van der Waals surface area contributed by atoms with Gasteiger partial charge in [0, 0.05) is 18.2 Å². The minimum absolute atomic E-state index is 0.0205. The molecule has 1 aromatic heterocycles. The fourth-order valence-electron chi connectivity index (χ4n) is 3.43. The molecule has 0 unspecified atom stereocenters. The van der Waals surface area contributed by atoms with Gasteiger partial charge in [0.05, 0.1) is 22.2 Å². The first-order chi connectivity index (χ1) is 13.3. The minimum atomic E-state index is -0.672. The number of nitro benzene ring substituents is 1. The number of hydrogen-bond acceptors (Lipinski definition) is 6. The highest BCUT2D eigenvalue weighted by Gasteiger charge is 2.23. The molecule has 3 amide bonds. The van der Waals surface area contributed by atoms with Crippen LogP contribution in [0.1, 0.15) is 32.6 Å². The normalized spacial score (nSPS) is 19.2. The Hall–Kier alpha value is -3.30. The van der Waals surface area contributed by atoms with E-state index in [-0.39, 0.29) is 22.6 Å². The van der Waals surface area contributed by atoms with Gasteiger partial charge in [-0.05, 0) is 24.8 Å². The maximum Gasteiger partial charge on any atom is 0.321 e. The molecular weight excluding hydrogens is 366 g/mol. The second kappa shape index (κ2) is 8.15. The lowest BCUT2D eigenvalue weighted by Gasteiger charge is -2.29. The van der Waals surface area contributed by atoms with Crippen LogP contribution in [-0.4, -0.2) is 32.5 Å². The van der Waals surface area contributed by atoms with Crippen molar-refractivity contribution in [3.05, 3.63) is 45.0 Å². The molecule has 0 aliphatic heterocycles. The van der Waals surface area contributed by atoms with E-state index in [1.54, 1.807) is 0 Å². The Morgan fingerprint density at radius 1 is 1.32 bits per heavy atom. The fourth-order valence-corrected chi connectivity index (χ4v) is 3.43. The van der Waals surface area contributed by atoms with Crippen molar-refractivity contribution in [3.63, 3.8) is 0 Å². The van der Waals surface area contributed by atoms with E-state index in [1.165, 1.54) is 18.5 Å². The summed E-state index contributed by atoms with van der Waals surface area (Å²) >= 11 is 0. The molecule has 0 radical (unpaired) electrons. The molecule has 0 spiro atoms. The third-order valence-electron chi connectivity index (χ3n) is 5.01. The molecule has 10 heteroatoms. The Morgan fingerprint density at radius 2 is 2.07 bits per heavy atom. The zero-order valence-corrected chi connectivity index (χ0v) is 15.4. The summed E-state index contributed by atoms with van der Waals surface area (Å²) in [5.41, 5.74) is -0.545. The van der Waals surface area contributed by atoms with Crippen LogP contribution in [0.4, 0.5) is 10.5 Å². The Labute approximate surface area is 160 Å². The number of fused-ring (bicyclic) bond motifs is 1. The van der Waals surface area contributed by atoms with Crippen LogP contribution in [0.15, 0.2) is 29.3 Å². The third-order valence-corrected chi connectivity index (χ3v) is 5.01. The van der Waals surface area contributed by atoms with Gasteiger partial charge in [0.25, 0.3) is 11.2 Å². The predicted molar refractivity (Wildman–Crippen MR) is 101 cm³/mol. The van der Waals surface area contributed by atoms with Gasteiger partial charge in [-0.3, -0.25) is 29.6 Å². The lowest BCUT2D eigenvalue weighted by atomic mass is 9.86. The molecule has 1 aliphatic carbocycles. The number of hydrogen-bond donors (Lipinski definition) is 2. The van der Waals surface area contributed by atoms with Crippen molar-refractivity contribution in [2.45, 2.75) is 45.2 Å². The summed E-state index contributed by atoms with van der Waals surface area (Å²) in [4.78, 5) is 51.0. The summed E-state index contributed by atoms with van der Waals surface area (Å²) in [6.45, 7) is 1.64. The van der Waals surface area contributed by atoms with Gasteiger partial charge in [-0.15, -0.1) is 0 Å². The molecule has 1 fully saturated rings. The van der Waals surface area contributed by atoms with Gasteiger partial charge >= 0.3 is 6.03 Å². The summed E-state index contributed by atoms with van der Waals surface area (Å²) in [6.07, 6.45) is 5.25. The number of benzene rings is 1. The Bertz CT molecular complexity index is 986. The highest BCUT2D eigenvalue weighted by molar-refractivity contribution is 5.94. The number of rotatable bonds is 4. The molecular formula is C18H21N5O5. The van der Waals surface area contributed by atoms with Crippen LogP contribution in [0.25, 0.3) is 10.9 Å². The van der Waals surface area contributed by atoms with E-state index in [9.17, 15) is 24.5 Å². The Balaban J connectivity index is 1.68. The maximum atomic E-state index is 12.5. The van der Waals surface area contributed by atoms with E-state index < -0.39 is 29.0 Å². The van der Waals surface area contributed by atoms with Gasteiger partial charge in [-0.25, -0.2) is 9.78 Å². The first-order valence-corrected chi connectivity index (χ1v) is 9.09. The number of carbonyl (C=O) groups is 2. The molecule has 148 valence electrons. The summed E-state index contributed by atoms with van der Waals surface area (Å²) in [5.74, 6) is -0.327. The lowest BCUT2D eigenvalue weighted by Crippen LogP contribution is -2.48. The first kappa shape index (κ1) is 19.5. The van der Waals surface area contributed by atoms with Gasteiger partial charge in [0.15, 0.2) is 0 Å². The van der Waals surface area contributed by atoms with Crippen LogP contribution >= 0.6 is 0 Å². The van der Waals surface area contributed by atoms with Crippen LogP contribution in [-0.2, 0) is 11.3 Å².